The van der Waals surface area contributed by atoms with Gasteiger partial charge < -0.3 is 14.6 Å². The first-order valence-corrected chi connectivity index (χ1v) is 14.0. The van der Waals surface area contributed by atoms with Gasteiger partial charge >= 0.3 is 5.97 Å². The van der Waals surface area contributed by atoms with Crippen LogP contribution in [0.5, 0.6) is 0 Å². The van der Waals surface area contributed by atoms with Crippen LogP contribution in [0, 0.1) is 0 Å². The summed E-state index contributed by atoms with van der Waals surface area (Å²) in [5.41, 5.74) is 4.96. The van der Waals surface area contributed by atoms with Crippen LogP contribution in [0.3, 0.4) is 0 Å². The van der Waals surface area contributed by atoms with Crippen molar-refractivity contribution in [1.29, 1.82) is 0 Å². The smallest absolute Gasteiger partial charge is 0.338 e. The van der Waals surface area contributed by atoms with E-state index in [1.165, 1.54) is 19.3 Å². The zero-order valence-electron chi connectivity index (χ0n) is 22.2. The molecule has 0 aliphatic heterocycles. The Bertz CT molecular complexity index is 1720. The number of fused-ring (bicyclic) bond motifs is 2. The third kappa shape index (κ3) is 5.17. The summed E-state index contributed by atoms with van der Waals surface area (Å²) < 4.78 is 7.55. The third-order valence-electron chi connectivity index (χ3n) is 7.42. The van der Waals surface area contributed by atoms with Crippen molar-refractivity contribution in [2.45, 2.75) is 45.1 Å². The van der Waals surface area contributed by atoms with Gasteiger partial charge in [-0.25, -0.2) is 14.8 Å². The number of amides is 1. The highest BCUT2D eigenvalue weighted by atomic mass is 35.5. The first kappa shape index (κ1) is 26.0. The van der Waals surface area contributed by atoms with Crippen LogP contribution < -0.4 is 5.32 Å². The molecule has 2 heterocycles. The van der Waals surface area contributed by atoms with Gasteiger partial charge in [0.15, 0.2) is 0 Å². The lowest BCUT2D eigenvalue weighted by atomic mass is 9.94. The van der Waals surface area contributed by atoms with Gasteiger partial charge in [-0.1, -0.05) is 36.9 Å². The fraction of sp³-hybridized carbons (Fsp3) is 0.250. The summed E-state index contributed by atoms with van der Waals surface area (Å²) in [4.78, 5) is 34.8. The largest absolute Gasteiger partial charge is 0.462 e. The highest BCUT2D eigenvalue weighted by Crippen LogP contribution is 2.37. The third-order valence-corrected chi connectivity index (χ3v) is 7.67. The molecule has 1 amide bonds. The average Bonchev–Trinajstić information content (AvgIpc) is 3.37. The van der Waals surface area contributed by atoms with Crippen LogP contribution in [0.1, 0.15) is 65.9 Å². The average molecular weight is 553 g/mol. The number of carbonyl (C=O) groups excluding carboxylic acids is 2. The van der Waals surface area contributed by atoms with Gasteiger partial charge in [-0.05, 0) is 86.5 Å². The van der Waals surface area contributed by atoms with Crippen LogP contribution in [0.4, 0.5) is 5.69 Å². The zero-order valence-corrected chi connectivity index (χ0v) is 22.9. The number of anilines is 1. The monoisotopic (exact) mass is 552 g/mol. The van der Waals surface area contributed by atoms with Crippen molar-refractivity contribution in [3.8, 4) is 11.4 Å². The van der Waals surface area contributed by atoms with Gasteiger partial charge in [-0.2, -0.15) is 0 Å². The van der Waals surface area contributed by atoms with Gasteiger partial charge in [0, 0.05) is 27.7 Å². The van der Waals surface area contributed by atoms with Crippen LogP contribution in [0.15, 0.2) is 72.8 Å². The summed E-state index contributed by atoms with van der Waals surface area (Å²) in [6.07, 6.45) is 5.82. The molecule has 1 fully saturated rings. The highest BCUT2D eigenvalue weighted by molar-refractivity contribution is 6.30. The lowest BCUT2D eigenvalue weighted by molar-refractivity contribution is 0.0526. The predicted octanol–water partition coefficient (Wildman–Crippen LogP) is 7.84. The maximum absolute atomic E-state index is 12.8. The summed E-state index contributed by atoms with van der Waals surface area (Å²) in [5.74, 6) is 0.241. The van der Waals surface area contributed by atoms with Crippen LogP contribution in [-0.4, -0.2) is 33.0 Å². The van der Waals surface area contributed by atoms with E-state index in [0.717, 1.165) is 46.2 Å². The Hall–Kier alpha value is -4.23. The van der Waals surface area contributed by atoms with Crippen molar-refractivity contribution >= 4 is 51.1 Å². The van der Waals surface area contributed by atoms with Crippen LogP contribution in [0.2, 0.25) is 5.02 Å². The van der Waals surface area contributed by atoms with E-state index in [0.29, 0.717) is 34.6 Å². The van der Waals surface area contributed by atoms with Crippen LogP contribution in [-0.2, 0) is 4.74 Å². The van der Waals surface area contributed by atoms with E-state index in [1.54, 1.807) is 37.3 Å². The molecule has 0 saturated heterocycles. The number of aromatic nitrogens is 3. The molecular weight excluding hydrogens is 524 g/mol. The Balaban J connectivity index is 1.36. The minimum Gasteiger partial charge on any atom is -0.462 e. The van der Waals surface area contributed by atoms with E-state index in [4.69, 9.17) is 21.3 Å². The van der Waals surface area contributed by atoms with Crippen molar-refractivity contribution in [2.75, 3.05) is 11.9 Å². The molecule has 0 radical (unpaired) electrons. The van der Waals surface area contributed by atoms with E-state index in [1.807, 2.05) is 36.4 Å². The van der Waals surface area contributed by atoms with Gasteiger partial charge in [-0.15, -0.1) is 0 Å². The predicted molar refractivity (Wildman–Crippen MR) is 158 cm³/mol. The first-order valence-electron chi connectivity index (χ1n) is 13.7. The summed E-state index contributed by atoms with van der Waals surface area (Å²) in [6.45, 7) is 2.13. The normalized spacial score (nSPS) is 13.9. The van der Waals surface area contributed by atoms with E-state index < -0.39 is 0 Å². The van der Waals surface area contributed by atoms with E-state index in [-0.39, 0.29) is 11.9 Å². The molecule has 3 aromatic carbocycles. The lowest BCUT2D eigenvalue weighted by Crippen LogP contribution is -2.14. The van der Waals surface area contributed by atoms with E-state index in [9.17, 15) is 9.59 Å². The highest BCUT2D eigenvalue weighted by Gasteiger charge is 2.23. The Morgan fingerprint density at radius 1 is 0.925 bits per heavy atom. The fourth-order valence-electron chi connectivity index (χ4n) is 5.47. The number of ether oxygens (including phenoxy) is 1. The summed E-state index contributed by atoms with van der Waals surface area (Å²) in [7, 11) is 0. The first-order chi connectivity index (χ1) is 19.5. The molecule has 6 rings (SSSR count). The van der Waals surface area contributed by atoms with Crippen molar-refractivity contribution < 1.29 is 14.3 Å². The number of nitrogens with zero attached hydrogens (tertiary/aromatic N) is 3. The molecule has 8 heteroatoms. The number of nitrogens with one attached hydrogen (secondary N) is 1. The number of pyridine rings is 1. The second-order valence-electron chi connectivity index (χ2n) is 10.1. The van der Waals surface area contributed by atoms with Gasteiger partial charge in [0.2, 0.25) is 0 Å². The second kappa shape index (κ2) is 11.1. The van der Waals surface area contributed by atoms with Crippen LogP contribution in [0.25, 0.3) is 33.3 Å². The number of carbonyl (C=O) groups is 2. The second-order valence-corrected chi connectivity index (χ2v) is 10.5. The van der Waals surface area contributed by atoms with E-state index in [2.05, 4.69) is 20.9 Å². The minimum atomic E-state index is -0.342. The Kier molecular flexibility index (Phi) is 7.22. The molecule has 202 valence electrons. The summed E-state index contributed by atoms with van der Waals surface area (Å²) in [5, 5.41) is 4.38. The molecule has 7 nitrogen and oxygen atoms in total. The van der Waals surface area contributed by atoms with E-state index >= 15 is 0 Å². The van der Waals surface area contributed by atoms with Gasteiger partial charge in [-0.3, -0.25) is 4.79 Å². The maximum atomic E-state index is 12.8. The molecule has 0 atom stereocenters. The molecular formula is C32H29ClN4O3. The molecule has 1 aliphatic carbocycles. The van der Waals surface area contributed by atoms with Crippen molar-refractivity contribution in [3.05, 3.63) is 89.1 Å². The topological polar surface area (TPSA) is 86.1 Å². The molecule has 0 unspecified atom stereocenters. The minimum absolute atomic E-state index is 0.287. The number of esters is 1. The van der Waals surface area contributed by atoms with Gasteiger partial charge in [0.1, 0.15) is 11.5 Å². The molecule has 40 heavy (non-hydrogen) atoms. The SMILES string of the molecule is CCOC(=O)c1ccc2c(c1)nc(-c1ccc3nc(C(=O)Nc4ccc(Cl)cc4)ccc3c1)n2C1CCCCC1. The van der Waals surface area contributed by atoms with Gasteiger partial charge in [0.25, 0.3) is 5.91 Å². The lowest BCUT2D eigenvalue weighted by Gasteiger charge is -2.25. The molecule has 0 bridgehead atoms. The molecule has 1 aliphatic rings. The summed E-state index contributed by atoms with van der Waals surface area (Å²) >= 11 is 5.95. The Morgan fingerprint density at radius 3 is 2.50 bits per heavy atom. The van der Waals surface area contributed by atoms with Crippen molar-refractivity contribution in [3.63, 3.8) is 0 Å². The molecule has 1 saturated carbocycles. The standard InChI is InChI=1S/C32H29ClN4O3/c1-2-40-32(39)22-10-17-29-28(19-22)36-30(37(29)25-6-4-3-5-7-25)21-9-15-26-20(18-21)8-16-27(35-26)31(38)34-24-13-11-23(33)12-14-24/h8-19,25H,2-7H2,1H3,(H,34,38). The Morgan fingerprint density at radius 2 is 1.73 bits per heavy atom. The van der Waals surface area contributed by atoms with Crippen LogP contribution >= 0.6 is 11.6 Å². The number of hydrogen-bond donors (Lipinski definition) is 1. The van der Waals surface area contributed by atoms with Gasteiger partial charge in [0.05, 0.1) is 28.7 Å². The number of hydrogen-bond acceptors (Lipinski definition) is 5. The van der Waals surface area contributed by atoms with Crippen molar-refractivity contribution in [2.24, 2.45) is 0 Å². The molecule has 5 aromatic rings. The fourth-order valence-corrected chi connectivity index (χ4v) is 5.60. The zero-order chi connectivity index (χ0) is 27.6. The molecule has 0 spiro atoms. The van der Waals surface area contributed by atoms with Crippen molar-refractivity contribution in [1.82, 2.24) is 14.5 Å². The number of benzene rings is 3. The number of halogens is 1. The molecule has 2 aromatic heterocycles. The summed E-state index contributed by atoms with van der Waals surface area (Å²) in [6, 6.07) is 22.6. The maximum Gasteiger partial charge on any atom is 0.338 e. The molecule has 1 N–H and O–H groups in total. The number of rotatable bonds is 6. The number of imidazole rings is 1. The Labute approximate surface area is 237 Å². The quantitative estimate of drug-likeness (QED) is 0.217.